The molecule has 1 atom stereocenters. The highest BCUT2D eigenvalue weighted by atomic mass is 35.5. The van der Waals surface area contributed by atoms with E-state index in [2.05, 4.69) is 32.2 Å². The first-order chi connectivity index (χ1) is 13.6. The van der Waals surface area contributed by atoms with Gasteiger partial charge >= 0.3 is 0 Å². The molecule has 0 aliphatic carbocycles. The number of carbonyl (C=O) groups excluding carboxylic acids is 1. The van der Waals surface area contributed by atoms with E-state index in [-0.39, 0.29) is 18.3 Å². The number of nitrogens with zero attached hydrogens (tertiary/aromatic N) is 4. The van der Waals surface area contributed by atoms with E-state index in [9.17, 15) is 4.79 Å². The minimum atomic E-state index is -0.109. The summed E-state index contributed by atoms with van der Waals surface area (Å²) in [6.45, 7) is 6.15. The fourth-order valence-corrected chi connectivity index (χ4v) is 3.64. The summed E-state index contributed by atoms with van der Waals surface area (Å²) in [6, 6.07) is 11.8. The third-order valence-corrected chi connectivity index (χ3v) is 5.39. The Balaban J connectivity index is 0.00000240. The minimum absolute atomic E-state index is 0. The molecule has 2 heterocycles. The molecule has 1 aromatic heterocycles. The summed E-state index contributed by atoms with van der Waals surface area (Å²) in [5.41, 5.74) is 5.54. The Morgan fingerprint density at radius 2 is 2.14 bits per heavy atom. The molecule has 152 valence electrons. The van der Waals surface area contributed by atoms with E-state index < -0.39 is 0 Å². The van der Waals surface area contributed by atoms with Gasteiger partial charge in [-0.2, -0.15) is 0 Å². The van der Waals surface area contributed by atoms with E-state index in [0.717, 1.165) is 42.0 Å². The van der Waals surface area contributed by atoms with Crippen LogP contribution >= 0.6 is 12.4 Å². The maximum Gasteiger partial charge on any atom is 0.255 e. The Morgan fingerprint density at radius 1 is 1.28 bits per heavy atom. The van der Waals surface area contributed by atoms with Gasteiger partial charge in [0.25, 0.3) is 5.91 Å². The van der Waals surface area contributed by atoms with Crippen molar-refractivity contribution in [3.8, 4) is 5.69 Å². The molecular weight excluding hydrogens is 388 g/mol. The van der Waals surface area contributed by atoms with Crippen LogP contribution in [0.5, 0.6) is 0 Å². The Morgan fingerprint density at radius 3 is 2.86 bits per heavy atom. The summed E-state index contributed by atoms with van der Waals surface area (Å²) in [5.74, 6) is 0.541. The lowest BCUT2D eigenvalue weighted by Gasteiger charge is -2.14. The molecule has 7 nitrogen and oxygen atoms in total. The molecule has 4 rings (SSSR count). The van der Waals surface area contributed by atoms with Crippen LogP contribution in [0.15, 0.2) is 42.7 Å². The predicted octanol–water partition coefficient (Wildman–Crippen LogP) is 3.11. The van der Waals surface area contributed by atoms with Crippen molar-refractivity contribution >= 4 is 24.0 Å². The molecule has 1 aliphatic rings. The maximum atomic E-state index is 12.9. The summed E-state index contributed by atoms with van der Waals surface area (Å²) in [6.07, 6.45) is 3.73. The molecule has 0 radical (unpaired) electrons. The van der Waals surface area contributed by atoms with E-state index in [0.29, 0.717) is 11.5 Å². The number of halogens is 1. The Kier molecular flexibility index (Phi) is 6.61. The van der Waals surface area contributed by atoms with E-state index >= 15 is 0 Å². The van der Waals surface area contributed by atoms with Gasteiger partial charge in [-0.15, -0.1) is 17.5 Å². The van der Waals surface area contributed by atoms with E-state index in [1.165, 1.54) is 18.3 Å². The Bertz CT molecular complexity index is 983. The van der Waals surface area contributed by atoms with Gasteiger partial charge in [-0.3, -0.25) is 4.79 Å². The van der Waals surface area contributed by atoms with Crippen LogP contribution in [0.2, 0.25) is 0 Å². The Hall–Kier alpha value is -2.77. The van der Waals surface area contributed by atoms with Crippen molar-refractivity contribution < 1.29 is 4.79 Å². The molecule has 0 spiro atoms. The molecule has 2 N–H and O–H groups in total. The average Bonchev–Trinajstić information content (AvgIpc) is 3.39. The molecular formula is C21H25ClN6O. The van der Waals surface area contributed by atoms with Crippen LogP contribution in [-0.2, 0) is 6.42 Å². The van der Waals surface area contributed by atoms with Gasteiger partial charge in [0.2, 0.25) is 0 Å². The third kappa shape index (κ3) is 4.81. The lowest BCUT2D eigenvalue weighted by Crippen LogP contribution is -2.15. The quantitative estimate of drug-likeness (QED) is 0.672. The largest absolute Gasteiger partial charge is 0.322 e. The fourth-order valence-electron chi connectivity index (χ4n) is 3.64. The monoisotopic (exact) mass is 412 g/mol. The minimum Gasteiger partial charge on any atom is -0.322 e. The molecule has 0 saturated carbocycles. The number of aromatic nitrogens is 4. The number of rotatable bonds is 5. The first-order valence-electron chi connectivity index (χ1n) is 9.56. The second-order valence-electron chi connectivity index (χ2n) is 7.41. The molecule has 1 unspecified atom stereocenters. The first kappa shape index (κ1) is 21.0. The highest BCUT2D eigenvalue weighted by molar-refractivity contribution is 6.05. The molecule has 0 bridgehead atoms. The van der Waals surface area contributed by atoms with Gasteiger partial charge in [0.05, 0.1) is 5.69 Å². The van der Waals surface area contributed by atoms with Gasteiger partial charge in [0, 0.05) is 11.3 Å². The lowest BCUT2D eigenvalue weighted by molar-refractivity contribution is 0.102. The van der Waals surface area contributed by atoms with Crippen LogP contribution < -0.4 is 10.6 Å². The van der Waals surface area contributed by atoms with Crippen molar-refractivity contribution in [3.63, 3.8) is 0 Å². The highest BCUT2D eigenvalue weighted by Gasteiger charge is 2.16. The molecule has 8 heteroatoms. The number of benzene rings is 2. The second-order valence-corrected chi connectivity index (χ2v) is 7.41. The predicted molar refractivity (Wildman–Crippen MR) is 115 cm³/mol. The molecule has 1 aliphatic heterocycles. The highest BCUT2D eigenvalue weighted by Crippen LogP contribution is 2.24. The smallest absolute Gasteiger partial charge is 0.255 e. The van der Waals surface area contributed by atoms with Gasteiger partial charge in [-0.05, 0) is 97.1 Å². The summed E-state index contributed by atoms with van der Waals surface area (Å²) < 4.78 is 1.58. The summed E-state index contributed by atoms with van der Waals surface area (Å²) in [5, 5.41) is 17.7. The van der Waals surface area contributed by atoms with Gasteiger partial charge < -0.3 is 10.6 Å². The summed E-state index contributed by atoms with van der Waals surface area (Å²) in [4.78, 5) is 12.9. The van der Waals surface area contributed by atoms with Crippen LogP contribution in [0.25, 0.3) is 5.69 Å². The van der Waals surface area contributed by atoms with Crippen molar-refractivity contribution in [2.75, 3.05) is 18.4 Å². The van der Waals surface area contributed by atoms with Crippen LogP contribution in [-0.4, -0.2) is 39.2 Å². The molecule has 1 saturated heterocycles. The number of aryl methyl sites for hydroxylation is 1. The number of amides is 1. The number of anilines is 1. The van der Waals surface area contributed by atoms with Gasteiger partial charge in [-0.25, -0.2) is 4.68 Å². The van der Waals surface area contributed by atoms with Gasteiger partial charge in [0.1, 0.15) is 6.33 Å². The molecule has 1 fully saturated rings. The average molecular weight is 413 g/mol. The SMILES string of the molecule is Cc1cc(-n2cnnn2)cc(NC(=O)c2cccc(CC3CCNC3)c2)c1C.Cl. The molecule has 29 heavy (non-hydrogen) atoms. The lowest BCUT2D eigenvalue weighted by atomic mass is 9.97. The topological polar surface area (TPSA) is 84.7 Å². The standard InChI is InChI=1S/C21H24N6O.ClH/c1-14-8-19(27-13-23-25-26-27)11-20(15(14)2)24-21(28)18-5-3-4-16(10-18)9-17-6-7-22-12-17;/h3-5,8,10-11,13,17,22H,6-7,9,12H2,1-2H3,(H,24,28);1H. The summed E-state index contributed by atoms with van der Waals surface area (Å²) in [7, 11) is 0. The van der Waals surface area contributed by atoms with Crippen LogP contribution in [0, 0.1) is 19.8 Å². The zero-order valence-corrected chi connectivity index (χ0v) is 17.4. The van der Waals surface area contributed by atoms with Crippen molar-refractivity contribution in [3.05, 3.63) is 65.0 Å². The number of hydrogen-bond acceptors (Lipinski definition) is 5. The van der Waals surface area contributed by atoms with Gasteiger partial charge in [-0.1, -0.05) is 12.1 Å². The molecule has 2 aromatic carbocycles. The zero-order valence-electron chi connectivity index (χ0n) is 16.6. The molecule has 1 amide bonds. The van der Waals surface area contributed by atoms with Crippen LogP contribution in [0.4, 0.5) is 5.69 Å². The van der Waals surface area contributed by atoms with Crippen LogP contribution in [0.3, 0.4) is 0 Å². The normalized spacial score (nSPS) is 15.7. The zero-order chi connectivity index (χ0) is 19.5. The third-order valence-electron chi connectivity index (χ3n) is 5.39. The van der Waals surface area contributed by atoms with Crippen molar-refractivity contribution in [1.29, 1.82) is 0 Å². The number of nitrogens with one attached hydrogen (secondary N) is 2. The second kappa shape index (κ2) is 9.15. The summed E-state index contributed by atoms with van der Waals surface area (Å²) >= 11 is 0. The van der Waals surface area contributed by atoms with E-state index in [4.69, 9.17) is 0 Å². The van der Waals surface area contributed by atoms with E-state index in [1.54, 1.807) is 4.68 Å². The molecule has 3 aromatic rings. The Labute approximate surface area is 176 Å². The van der Waals surface area contributed by atoms with Crippen molar-refractivity contribution in [2.24, 2.45) is 5.92 Å². The first-order valence-corrected chi connectivity index (χ1v) is 9.56. The number of carbonyl (C=O) groups is 1. The fraction of sp³-hybridized carbons (Fsp3) is 0.333. The number of hydrogen-bond donors (Lipinski definition) is 2. The number of tetrazole rings is 1. The van der Waals surface area contributed by atoms with E-state index in [1.807, 2.05) is 44.2 Å². The van der Waals surface area contributed by atoms with Crippen molar-refractivity contribution in [2.45, 2.75) is 26.7 Å². The van der Waals surface area contributed by atoms with Crippen molar-refractivity contribution in [1.82, 2.24) is 25.5 Å². The van der Waals surface area contributed by atoms with Crippen LogP contribution in [0.1, 0.15) is 33.5 Å². The maximum absolute atomic E-state index is 12.9. The van der Waals surface area contributed by atoms with Gasteiger partial charge in [0.15, 0.2) is 0 Å².